The first-order chi connectivity index (χ1) is 13.6. The van der Waals surface area contributed by atoms with Crippen LogP contribution in [0.2, 0.25) is 0 Å². The van der Waals surface area contributed by atoms with E-state index in [1.807, 2.05) is 50.2 Å². The van der Waals surface area contributed by atoms with Gasteiger partial charge >= 0.3 is 0 Å². The Balaban J connectivity index is 1.83. The molecule has 2 aromatic rings. The van der Waals surface area contributed by atoms with Crippen molar-refractivity contribution < 1.29 is 14.3 Å². The zero-order valence-corrected chi connectivity index (χ0v) is 16.5. The smallest absolute Gasteiger partial charge is 0.254 e. The standard InChI is InChI=1S/C22H27N3O3/c1-3-20(26)25-13-14-28-22(16-25,21(27)24-4-2)15-17-5-7-18(8-6-17)19-9-11-23-12-10-19/h5-12H,3-4,13-16H2,1-2H3,(H,24,27)/t22-/m0/s1. The number of carbonyl (C=O) groups excluding carboxylic acids is 2. The number of aromatic nitrogens is 1. The summed E-state index contributed by atoms with van der Waals surface area (Å²) < 4.78 is 6.01. The molecule has 28 heavy (non-hydrogen) atoms. The van der Waals surface area contributed by atoms with E-state index in [1.54, 1.807) is 17.3 Å². The van der Waals surface area contributed by atoms with E-state index < -0.39 is 5.60 Å². The van der Waals surface area contributed by atoms with Crippen molar-refractivity contribution in [2.75, 3.05) is 26.2 Å². The molecule has 1 atom stereocenters. The molecule has 0 saturated carbocycles. The number of nitrogens with zero attached hydrogens (tertiary/aromatic N) is 2. The average Bonchev–Trinajstić information content (AvgIpc) is 2.74. The first-order valence-electron chi connectivity index (χ1n) is 9.77. The molecular formula is C22H27N3O3. The van der Waals surface area contributed by atoms with Gasteiger partial charge in [-0.05, 0) is 35.7 Å². The van der Waals surface area contributed by atoms with E-state index in [4.69, 9.17) is 4.74 Å². The Bertz CT molecular complexity index is 808. The van der Waals surface area contributed by atoms with Crippen molar-refractivity contribution in [2.24, 2.45) is 0 Å². The van der Waals surface area contributed by atoms with E-state index in [1.165, 1.54) is 0 Å². The first kappa shape index (κ1) is 20.0. The summed E-state index contributed by atoms with van der Waals surface area (Å²) in [5.74, 6) is -0.119. The van der Waals surface area contributed by atoms with Gasteiger partial charge in [0.1, 0.15) is 0 Å². The molecule has 1 aliphatic heterocycles. The highest BCUT2D eigenvalue weighted by atomic mass is 16.5. The average molecular weight is 381 g/mol. The van der Waals surface area contributed by atoms with Gasteiger partial charge in [0, 0.05) is 38.3 Å². The lowest BCUT2D eigenvalue weighted by Crippen LogP contribution is -2.62. The first-order valence-corrected chi connectivity index (χ1v) is 9.77. The minimum Gasteiger partial charge on any atom is -0.361 e. The maximum Gasteiger partial charge on any atom is 0.254 e. The largest absolute Gasteiger partial charge is 0.361 e. The Morgan fingerprint density at radius 3 is 2.43 bits per heavy atom. The van der Waals surface area contributed by atoms with Crippen LogP contribution in [0.25, 0.3) is 11.1 Å². The lowest BCUT2D eigenvalue weighted by atomic mass is 9.90. The van der Waals surface area contributed by atoms with Gasteiger partial charge in [-0.15, -0.1) is 0 Å². The summed E-state index contributed by atoms with van der Waals surface area (Å²) in [6, 6.07) is 12.0. The summed E-state index contributed by atoms with van der Waals surface area (Å²) in [5, 5.41) is 2.88. The van der Waals surface area contributed by atoms with Gasteiger partial charge in [0.25, 0.3) is 5.91 Å². The van der Waals surface area contributed by atoms with Crippen LogP contribution in [0.5, 0.6) is 0 Å². The highest BCUT2D eigenvalue weighted by Crippen LogP contribution is 2.26. The van der Waals surface area contributed by atoms with E-state index in [0.717, 1.165) is 16.7 Å². The van der Waals surface area contributed by atoms with Crippen molar-refractivity contribution in [3.63, 3.8) is 0 Å². The number of hydrogen-bond acceptors (Lipinski definition) is 4. The number of rotatable bonds is 6. The Kier molecular flexibility index (Phi) is 6.41. The monoisotopic (exact) mass is 381 g/mol. The second-order valence-electron chi connectivity index (χ2n) is 6.98. The molecular weight excluding hydrogens is 354 g/mol. The fraction of sp³-hybridized carbons (Fsp3) is 0.409. The predicted molar refractivity (Wildman–Crippen MR) is 108 cm³/mol. The third-order valence-electron chi connectivity index (χ3n) is 5.05. The van der Waals surface area contributed by atoms with Gasteiger partial charge in [0.2, 0.25) is 5.91 Å². The number of morpholine rings is 1. The maximum atomic E-state index is 12.9. The quantitative estimate of drug-likeness (QED) is 0.834. The Morgan fingerprint density at radius 2 is 1.79 bits per heavy atom. The van der Waals surface area contributed by atoms with Crippen LogP contribution in [0.4, 0.5) is 0 Å². The van der Waals surface area contributed by atoms with Gasteiger partial charge < -0.3 is 15.0 Å². The molecule has 6 heteroatoms. The normalized spacial score (nSPS) is 19.3. The molecule has 1 N–H and O–H groups in total. The van der Waals surface area contributed by atoms with Crippen LogP contribution in [0.3, 0.4) is 0 Å². The molecule has 0 bridgehead atoms. The second kappa shape index (κ2) is 8.97. The van der Waals surface area contributed by atoms with Crippen molar-refractivity contribution >= 4 is 11.8 Å². The molecule has 0 spiro atoms. The number of nitrogens with one attached hydrogen (secondary N) is 1. The Labute approximate surface area is 165 Å². The van der Waals surface area contributed by atoms with Crippen molar-refractivity contribution in [1.82, 2.24) is 15.2 Å². The highest BCUT2D eigenvalue weighted by Gasteiger charge is 2.44. The minimum atomic E-state index is -1.06. The van der Waals surface area contributed by atoms with Crippen LogP contribution >= 0.6 is 0 Å². The second-order valence-corrected chi connectivity index (χ2v) is 6.98. The van der Waals surface area contributed by atoms with Gasteiger partial charge in [-0.1, -0.05) is 31.2 Å². The Hall–Kier alpha value is -2.73. The molecule has 1 aromatic carbocycles. The van der Waals surface area contributed by atoms with E-state index in [2.05, 4.69) is 10.3 Å². The number of benzene rings is 1. The van der Waals surface area contributed by atoms with Crippen LogP contribution in [-0.2, 0) is 20.7 Å². The van der Waals surface area contributed by atoms with Crippen LogP contribution in [0.15, 0.2) is 48.8 Å². The van der Waals surface area contributed by atoms with E-state index in [0.29, 0.717) is 32.5 Å². The number of hydrogen-bond donors (Lipinski definition) is 1. The lowest BCUT2D eigenvalue weighted by Gasteiger charge is -2.41. The predicted octanol–water partition coefficient (Wildman–Crippen LogP) is 2.43. The molecule has 0 unspecified atom stereocenters. The number of pyridine rings is 1. The summed E-state index contributed by atoms with van der Waals surface area (Å²) in [4.78, 5) is 30.9. The summed E-state index contributed by atoms with van der Waals surface area (Å²) in [5.41, 5.74) is 2.12. The molecule has 6 nitrogen and oxygen atoms in total. The highest BCUT2D eigenvalue weighted by molar-refractivity contribution is 5.87. The zero-order chi connectivity index (χ0) is 20.0. The van der Waals surface area contributed by atoms with Gasteiger partial charge in [-0.25, -0.2) is 0 Å². The molecule has 3 rings (SSSR count). The van der Waals surface area contributed by atoms with Crippen molar-refractivity contribution in [2.45, 2.75) is 32.3 Å². The summed E-state index contributed by atoms with van der Waals surface area (Å²) in [6.07, 6.45) is 4.38. The van der Waals surface area contributed by atoms with Crippen LogP contribution < -0.4 is 5.32 Å². The number of likely N-dealkylation sites (N-methyl/N-ethyl adjacent to an activating group) is 1. The Morgan fingerprint density at radius 1 is 1.11 bits per heavy atom. The molecule has 2 heterocycles. The molecule has 0 radical (unpaired) electrons. The molecule has 148 valence electrons. The van der Waals surface area contributed by atoms with Gasteiger partial charge in [0.15, 0.2) is 5.60 Å². The molecule has 1 saturated heterocycles. The van der Waals surface area contributed by atoms with Crippen molar-refractivity contribution in [3.8, 4) is 11.1 Å². The van der Waals surface area contributed by atoms with E-state index in [-0.39, 0.29) is 18.4 Å². The molecule has 1 aromatic heterocycles. The van der Waals surface area contributed by atoms with E-state index >= 15 is 0 Å². The fourth-order valence-corrected chi connectivity index (χ4v) is 3.56. The number of carbonyl (C=O) groups is 2. The van der Waals surface area contributed by atoms with E-state index in [9.17, 15) is 9.59 Å². The number of ether oxygens (including phenoxy) is 1. The minimum absolute atomic E-state index is 0.0463. The lowest BCUT2D eigenvalue weighted by molar-refractivity contribution is -0.165. The third kappa shape index (κ3) is 4.39. The molecule has 2 amide bonds. The van der Waals surface area contributed by atoms with Crippen LogP contribution in [0.1, 0.15) is 25.8 Å². The zero-order valence-electron chi connectivity index (χ0n) is 16.5. The summed E-state index contributed by atoms with van der Waals surface area (Å²) in [6.45, 7) is 5.40. The van der Waals surface area contributed by atoms with Crippen molar-refractivity contribution in [1.29, 1.82) is 0 Å². The number of amides is 2. The fourth-order valence-electron chi connectivity index (χ4n) is 3.56. The molecule has 1 fully saturated rings. The molecule has 0 aliphatic carbocycles. The third-order valence-corrected chi connectivity index (χ3v) is 5.05. The van der Waals surface area contributed by atoms with Gasteiger partial charge in [-0.3, -0.25) is 14.6 Å². The topological polar surface area (TPSA) is 71.5 Å². The summed E-state index contributed by atoms with van der Waals surface area (Å²) >= 11 is 0. The van der Waals surface area contributed by atoms with Gasteiger partial charge in [-0.2, -0.15) is 0 Å². The molecule has 1 aliphatic rings. The van der Waals surface area contributed by atoms with Crippen LogP contribution in [-0.4, -0.2) is 53.5 Å². The SMILES string of the molecule is CCNC(=O)[C@]1(Cc2ccc(-c3ccncc3)cc2)CN(C(=O)CC)CCO1. The van der Waals surface area contributed by atoms with Gasteiger partial charge in [0.05, 0.1) is 13.2 Å². The summed E-state index contributed by atoms with van der Waals surface area (Å²) in [7, 11) is 0. The van der Waals surface area contributed by atoms with Crippen LogP contribution in [0, 0.1) is 0 Å². The maximum absolute atomic E-state index is 12.9. The van der Waals surface area contributed by atoms with Crippen molar-refractivity contribution in [3.05, 3.63) is 54.4 Å².